The molecule has 6 rings (SSSR count). The van der Waals surface area contributed by atoms with Crippen LogP contribution in [0.1, 0.15) is 55.4 Å². The predicted octanol–water partition coefficient (Wildman–Crippen LogP) is 2.57. The number of piperidine rings is 1. The third-order valence-electron chi connectivity index (χ3n) is 8.49. The molecule has 1 aromatic heterocycles. The van der Waals surface area contributed by atoms with Crippen molar-refractivity contribution in [3.05, 3.63) is 10.7 Å². The van der Waals surface area contributed by atoms with E-state index in [-0.39, 0.29) is 17.6 Å². The Labute approximate surface area is 199 Å². The minimum Gasteiger partial charge on any atom is -0.465 e. The summed E-state index contributed by atoms with van der Waals surface area (Å²) in [6, 6.07) is 0.0768. The average Bonchev–Trinajstić information content (AvgIpc) is 3.04. The lowest BCUT2D eigenvalue weighted by Crippen LogP contribution is -2.61. The van der Waals surface area contributed by atoms with Crippen LogP contribution in [0.25, 0.3) is 0 Å². The van der Waals surface area contributed by atoms with Crippen LogP contribution in [0.2, 0.25) is 5.02 Å². The molecule has 33 heavy (non-hydrogen) atoms. The SMILES string of the molecule is CN(CC1CCN(C(=O)O)CC1)c1c(Cl)c(C(=O)NC2C3CC4CC2CC(O)(C4)C3)nn1C. The molecule has 1 saturated heterocycles. The van der Waals surface area contributed by atoms with Gasteiger partial charge in [-0.05, 0) is 68.6 Å². The van der Waals surface area contributed by atoms with Crippen molar-refractivity contribution in [2.45, 2.75) is 56.6 Å². The summed E-state index contributed by atoms with van der Waals surface area (Å²) in [4.78, 5) is 27.8. The summed E-state index contributed by atoms with van der Waals surface area (Å²) in [5, 5.41) is 28.0. The first kappa shape index (κ1) is 22.8. The lowest BCUT2D eigenvalue weighted by Gasteiger charge is -2.58. The molecule has 9 nitrogen and oxygen atoms in total. The molecular weight excluding hydrogens is 446 g/mol. The summed E-state index contributed by atoms with van der Waals surface area (Å²) in [7, 11) is 3.73. The molecule has 10 heteroatoms. The van der Waals surface area contributed by atoms with Gasteiger partial charge >= 0.3 is 6.09 Å². The summed E-state index contributed by atoms with van der Waals surface area (Å²) in [5.41, 5.74) is -0.286. The van der Waals surface area contributed by atoms with Crippen LogP contribution >= 0.6 is 11.6 Å². The van der Waals surface area contributed by atoms with Crippen LogP contribution in [0.3, 0.4) is 0 Å². The number of hydrogen-bond acceptors (Lipinski definition) is 5. The fourth-order valence-electron chi connectivity index (χ4n) is 7.27. The smallest absolute Gasteiger partial charge is 0.407 e. The quantitative estimate of drug-likeness (QED) is 0.598. The molecule has 2 heterocycles. The highest BCUT2D eigenvalue weighted by Gasteiger charge is 2.55. The third-order valence-corrected chi connectivity index (χ3v) is 8.84. The van der Waals surface area contributed by atoms with Crippen LogP contribution in [0.5, 0.6) is 0 Å². The van der Waals surface area contributed by atoms with Crippen LogP contribution in [0.15, 0.2) is 0 Å². The molecule has 4 bridgehead atoms. The molecule has 0 spiro atoms. The van der Waals surface area contributed by atoms with E-state index in [1.54, 1.807) is 11.7 Å². The maximum absolute atomic E-state index is 13.2. The topological polar surface area (TPSA) is 111 Å². The molecule has 4 aliphatic carbocycles. The van der Waals surface area contributed by atoms with Gasteiger partial charge in [0.1, 0.15) is 10.8 Å². The highest BCUT2D eigenvalue weighted by Crippen LogP contribution is 2.55. The Balaban J connectivity index is 1.24. The van der Waals surface area contributed by atoms with Gasteiger partial charge in [0.15, 0.2) is 5.69 Å². The van der Waals surface area contributed by atoms with Crippen molar-refractivity contribution in [2.75, 3.05) is 31.6 Å². The van der Waals surface area contributed by atoms with Crippen molar-refractivity contribution in [3.63, 3.8) is 0 Å². The van der Waals surface area contributed by atoms with Crippen LogP contribution in [-0.2, 0) is 7.05 Å². The van der Waals surface area contributed by atoms with Crippen LogP contribution in [0, 0.1) is 23.7 Å². The Morgan fingerprint density at radius 3 is 2.42 bits per heavy atom. The predicted molar refractivity (Wildman–Crippen MR) is 124 cm³/mol. The number of carbonyl (C=O) groups is 2. The summed E-state index contributed by atoms with van der Waals surface area (Å²) in [6.45, 7) is 1.81. The molecule has 0 radical (unpaired) electrons. The van der Waals surface area contributed by atoms with Gasteiger partial charge < -0.3 is 25.3 Å². The molecule has 3 N–H and O–H groups in total. The third kappa shape index (κ3) is 4.18. The number of carboxylic acid groups (broad SMARTS) is 1. The fraction of sp³-hybridized carbons (Fsp3) is 0.783. The molecule has 182 valence electrons. The van der Waals surface area contributed by atoms with E-state index in [1.165, 1.54) is 4.90 Å². The molecular formula is C23H34ClN5O4. The average molecular weight is 480 g/mol. The second kappa shape index (κ2) is 8.34. The van der Waals surface area contributed by atoms with E-state index in [9.17, 15) is 14.7 Å². The van der Waals surface area contributed by atoms with Gasteiger partial charge in [-0.15, -0.1) is 0 Å². The zero-order valence-electron chi connectivity index (χ0n) is 19.3. The van der Waals surface area contributed by atoms with E-state index in [4.69, 9.17) is 16.7 Å². The zero-order chi connectivity index (χ0) is 23.5. The first-order chi connectivity index (χ1) is 15.6. The largest absolute Gasteiger partial charge is 0.465 e. The maximum Gasteiger partial charge on any atom is 0.407 e. The van der Waals surface area contributed by atoms with E-state index in [0.717, 1.165) is 51.5 Å². The number of aliphatic hydroxyl groups is 1. The van der Waals surface area contributed by atoms with Gasteiger partial charge in [0, 0.05) is 39.8 Å². The Morgan fingerprint density at radius 2 is 1.85 bits per heavy atom. The first-order valence-corrected chi connectivity index (χ1v) is 12.5. The minimum atomic E-state index is -0.861. The van der Waals surface area contributed by atoms with Crippen LogP contribution in [-0.4, -0.2) is 75.2 Å². The van der Waals surface area contributed by atoms with Gasteiger partial charge in [-0.2, -0.15) is 5.10 Å². The monoisotopic (exact) mass is 479 g/mol. The molecule has 5 fully saturated rings. The number of anilines is 1. The highest BCUT2D eigenvalue weighted by atomic mass is 35.5. The Morgan fingerprint density at radius 1 is 1.21 bits per heavy atom. The van der Waals surface area contributed by atoms with Gasteiger partial charge in [0.25, 0.3) is 5.91 Å². The summed E-state index contributed by atoms with van der Waals surface area (Å²) in [5.74, 6) is 2.05. The molecule has 1 aromatic rings. The number of rotatable bonds is 5. The fourth-order valence-corrected chi connectivity index (χ4v) is 7.66. The number of likely N-dealkylation sites (tertiary alicyclic amines) is 1. The summed E-state index contributed by atoms with van der Waals surface area (Å²) in [6.07, 6.45) is 5.36. The molecule has 2 amide bonds. The number of amides is 2. The van der Waals surface area contributed by atoms with Gasteiger partial charge in [0.05, 0.1) is 5.60 Å². The van der Waals surface area contributed by atoms with Crippen LogP contribution in [0.4, 0.5) is 10.6 Å². The van der Waals surface area contributed by atoms with Crippen molar-refractivity contribution in [1.82, 2.24) is 20.0 Å². The van der Waals surface area contributed by atoms with E-state index >= 15 is 0 Å². The zero-order valence-corrected chi connectivity index (χ0v) is 20.1. The number of carbonyl (C=O) groups excluding carboxylic acids is 1. The summed E-state index contributed by atoms with van der Waals surface area (Å²) < 4.78 is 1.66. The van der Waals surface area contributed by atoms with Crippen molar-refractivity contribution in [3.8, 4) is 0 Å². The Bertz CT molecular complexity index is 928. The minimum absolute atomic E-state index is 0.0768. The second-order valence-corrected chi connectivity index (χ2v) is 11.3. The number of aryl methyl sites for hydroxylation is 1. The lowest BCUT2D eigenvalue weighted by molar-refractivity contribution is -0.136. The van der Waals surface area contributed by atoms with Crippen LogP contribution < -0.4 is 10.2 Å². The Kier molecular flexibility index (Phi) is 5.76. The van der Waals surface area contributed by atoms with Crippen molar-refractivity contribution in [2.24, 2.45) is 30.7 Å². The number of nitrogens with zero attached hydrogens (tertiary/aromatic N) is 4. The molecule has 2 atom stereocenters. The van der Waals surface area contributed by atoms with E-state index in [2.05, 4.69) is 10.4 Å². The molecule has 4 saturated carbocycles. The van der Waals surface area contributed by atoms with E-state index in [0.29, 0.717) is 47.6 Å². The van der Waals surface area contributed by atoms with Crippen molar-refractivity contribution >= 4 is 29.4 Å². The van der Waals surface area contributed by atoms with E-state index in [1.807, 2.05) is 11.9 Å². The van der Waals surface area contributed by atoms with Gasteiger partial charge in [0.2, 0.25) is 0 Å². The summed E-state index contributed by atoms with van der Waals surface area (Å²) >= 11 is 6.68. The molecule has 5 aliphatic rings. The maximum atomic E-state index is 13.2. The molecule has 0 aromatic carbocycles. The van der Waals surface area contributed by atoms with Gasteiger partial charge in [-0.25, -0.2) is 4.79 Å². The first-order valence-electron chi connectivity index (χ1n) is 12.1. The number of nitrogens with one attached hydrogen (secondary N) is 1. The Hall–Kier alpha value is -2.00. The number of aromatic nitrogens is 2. The highest BCUT2D eigenvalue weighted by molar-refractivity contribution is 6.36. The van der Waals surface area contributed by atoms with Crippen molar-refractivity contribution in [1.29, 1.82) is 0 Å². The normalized spacial score (nSPS) is 33.4. The molecule has 2 unspecified atom stereocenters. The lowest BCUT2D eigenvalue weighted by atomic mass is 9.52. The van der Waals surface area contributed by atoms with Crippen molar-refractivity contribution < 1.29 is 19.8 Å². The number of hydrogen-bond donors (Lipinski definition) is 3. The standard InChI is InChI=1S/C23H34ClN5O4/c1-27(12-13-3-5-29(6-4-13)22(31)32)21-17(24)19(26-28(21)2)20(30)25-18-15-7-14-8-16(18)11-23(33,9-14)10-15/h13-16,18,33H,3-12H2,1-2H3,(H,25,30)(H,31,32). The number of halogens is 1. The van der Waals surface area contributed by atoms with Gasteiger partial charge in [-0.1, -0.05) is 11.6 Å². The second-order valence-electron chi connectivity index (χ2n) is 10.9. The van der Waals surface area contributed by atoms with E-state index < -0.39 is 11.7 Å². The van der Waals surface area contributed by atoms with Gasteiger partial charge in [-0.3, -0.25) is 9.48 Å². The molecule has 1 aliphatic heterocycles.